The van der Waals surface area contributed by atoms with Gasteiger partial charge in [0.2, 0.25) is 0 Å². The Morgan fingerprint density at radius 1 is 1.30 bits per heavy atom. The molecule has 20 heavy (non-hydrogen) atoms. The fourth-order valence-electron chi connectivity index (χ4n) is 3.65. The van der Waals surface area contributed by atoms with Gasteiger partial charge < -0.3 is 15.0 Å². The van der Waals surface area contributed by atoms with Gasteiger partial charge in [-0.1, -0.05) is 24.3 Å². The second-order valence-electron chi connectivity index (χ2n) is 6.27. The summed E-state index contributed by atoms with van der Waals surface area (Å²) < 4.78 is 5.32. The number of hydrogen-bond acceptors (Lipinski definition) is 3. The lowest BCUT2D eigenvalue weighted by molar-refractivity contribution is 0.0851. The van der Waals surface area contributed by atoms with Gasteiger partial charge >= 0.3 is 0 Å². The lowest BCUT2D eigenvalue weighted by Crippen LogP contribution is -2.48. The van der Waals surface area contributed by atoms with E-state index in [-0.39, 0.29) is 0 Å². The van der Waals surface area contributed by atoms with Gasteiger partial charge in [-0.3, -0.25) is 0 Å². The first-order valence-corrected chi connectivity index (χ1v) is 7.86. The number of nitrogens with zero attached hydrogens (tertiary/aromatic N) is 1. The van der Waals surface area contributed by atoms with Crippen LogP contribution in [0.25, 0.3) is 0 Å². The topological polar surface area (TPSA) is 24.5 Å². The lowest BCUT2D eigenvalue weighted by atomic mass is 9.94. The van der Waals surface area contributed by atoms with Crippen molar-refractivity contribution in [3.63, 3.8) is 0 Å². The number of ether oxygens (including phenoxy) is 1. The highest BCUT2D eigenvalue weighted by Crippen LogP contribution is 2.20. The molecule has 1 saturated heterocycles. The molecule has 3 nitrogen and oxygen atoms in total. The number of likely N-dealkylation sites (tertiary alicyclic amines) is 1. The molecule has 0 bridgehead atoms. The quantitative estimate of drug-likeness (QED) is 0.909. The Morgan fingerprint density at radius 3 is 3.00 bits per heavy atom. The highest BCUT2D eigenvalue weighted by atomic mass is 16.5. The van der Waals surface area contributed by atoms with Gasteiger partial charge in [-0.05, 0) is 42.9 Å². The first kappa shape index (κ1) is 14.1. The average Bonchev–Trinajstić information content (AvgIpc) is 2.48. The molecule has 110 valence electrons. The smallest absolute Gasteiger partial charge is 0.0502 e. The van der Waals surface area contributed by atoms with E-state index in [9.17, 15) is 0 Å². The largest absolute Gasteiger partial charge is 0.384 e. The number of piperidine rings is 1. The minimum atomic E-state index is 0.603. The van der Waals surface area contributed by atoms with E-state index in [4.69, 9.17) is 4.74 Å². The predicted molar refractivity (Wildman–Crippen MR) is 81.8 cm³/mol. The van der Waals surface area contributed by atoms with Crippen molar-refractivity contribution < 1.29 is 4.74 Å². The SMILES string of the molecule is COCC1CCCN(CC2Cc3ccccc3CN2)C1. The van der Waals surface area contributed by atoms with Gasteiger partial charge in [-0.15, -0.1) is 0 Å². The fourth-order valence-corrected chi connectivity index (χ4v) is 3.65. The van der Waals surface area contributed by atoms with Crippen molar-refractivity contribution >= 4 is 0 Å². The maximum atomic E-state index is 5.32. The molecule has 0 aliphatic carbocycles. The molecule has 2 heterocycles. The van der Waals surface area contributed by atoms with Crippen LogP contribution < -0.4 is 5.32 Å². The third-order valence-corrected chi connectivity index (χ3v) is 4.65. The highest BCUT2D eigenvalue weighted by molar-refractivity contribution is 5.29. The van der Waals surface area contributed by atoms with Crippen LogP contribution in [0, 0.1) is 5.92 Å². The number of hydrogen-bond donors (Lipinski definition) is 1. The molecule has 1 N–H and O–H groups in total. The summed E-state index contributed by atoms with van der Waals surface area (Å²) in [5.41, 5.74) is 3.00. The van der Waals surface area contributed by atoms with Crippen LogP contribution in [0.2, 0.25) is 0 Å². The molecule has 2 aliphatic heterocycles. The lowest BCUT2D eigenvalue weighted by Gasteiger charge is -2.36. The Kier molecular flexibility index (Phi) is 4.71. The minimum absolute atomic E-state index is 0.603. The van der Waals surface area contributed by atoms with Gasteiger partial charge in [0.05, 0.1) is 6.61 Å². The first-order chi connectivity index (χ1) is 9.85. The summed E-state index contributed by atoms with van der Waals surface area (Å²) in [5, 5.41) is 3.70. The minimum Gasteiger partial charge on any atom is -0.384 e. The molecule has 0 spiro atoms. The molecule has 0 aromatic heterocycles. The number of benzene rings is 1. The second-order valence-corrected chi connectivity index (χ2v) is 6.27. The Morgan fingerprint density at radius 2 is 2.15 bits per heavy atom. The van der Waals surface area contributed by atoms with Crippen LogP contribution in [-0.4, -0.2) is 44.3 Å². The number of methoxy groups -OCH3 is 1. The summed E-state index contributed by atoms with van der Waals surface area (Å²) in [6, 6.07) is 9.44. The van der Waals surface area contributed by atoms with Crippen LogP contribution in [-0.2, 0) is 17.7 Å². The molecule has 2 unspecified atom stereocenters. The van der Waals surface area contributed by atoms with Crippen LogP contribution >= 0.6 is 0 Å². The molecule has 1 aromatic rings. The van der Waals surface area contributed by atoms with E-state index in [0.29, 0.717) is 6.04 Å². The molecule has 3 rings (SSSR count). The third kappa shape index (κ3) is 3.40. The molecule has 1 aromatic carbocycles. The molecule has 0 saturated carbocycles. The van der Waals surface area contributed by atoms with Crippen LogP contribution in [0.1, 0.15) is 24.0 Å². The maximum absolute atomic E-state index is 5.32. The summed E-state index contributed by atoms with van der Waals surface area (Å²) in [5.74, 6) is 0.727. The van der Waals surface area contributed by atoms with Crippen molar-refractivity contribution in [1.82, 2.24) is 10.2 Å². The maximum Gasteiger partial charge on any atom is 0.0502 e. The van der Waals surface area contributed by atoms with Gasteiger partial charge in [0.15, 0.2) is 0 Å². The van der Waals surface area contributed by atoms with Gasteiger partial charge in [0.1, 0.15) is 0 Å². The van der Waals surface area contributed by atoms with Crippen molar-refractivity contribution in [2.75, 3.05) is 33.4 Å². The van der Waals surface area contributed by atoms with E-state index in [1.54, 1.807) is 0 Å². The van der Waals surface area contributed by atoms with Crippen LogP contribution in [0.3, 0.4) is 0 Å². The molecule has 1 fully saturated rings. The molecule has 2 aliphatic rings. The van der Waals surface area contributed by atoms with Crippen LogP contribution in [0.15, 0.2) is 24.3 Å². The third-order valence-electron chi connectivity index (χ3n) is 4.65. The van der Waals surface area contributed by atoms with Crippen LogP contribution in [0.5, 0.6) is 0 Å². The van der Waals surface area contributed by atoms with Crippen molar-refractivity contribution in [2.24, 2.45) is 5.92 Å². The summed E-state index contributed by atoms with van der Waals surface area (Å²) in [7, 11) is 1.82. The van der Waals surface area contributed by atoms with Gasteiger partial charge in [-0.2, -0.15) is 0 Å². The van der Waals surface area contributed by atoms with Crippen molar-refractivity contribution in [2.45, 2.75) is 31.8 Å². The van der Waals surface area contributed by atoms with E-state index in [0.717, 1.165) is 19.1 Å². The van der Waals surface area contributed by atoms with E-state index >= 15 is 0 Å². The molecular weight excluding hydrogens is 248 g/mol. The average molecular weight is 274 g/mol. The molecule has 0 radical (unpaired) electrons. The van der Waals surface area contributed by atoms with E-state index in [1.807, 2.05) is 7.11 Å². The van der Waals surface area contributed by atoms with E-state index in [1.165, 1.54) is 50.0 Å². The summed E-state index contributed by atoms with van der Waals surface area (Å²) in [6.07, 6.45) is 3.81. The molecule has 3 heteroatoms. The highest BCUT2D eigenvalue weighted by Gasteiger charge is 2.24. The number of nitrogens with one attached hydrogen (secondary N) is 1. The monoisotopic (exact) mass is 274 g/mol. The Balaban J connectivity index is 1.54. The van der Waals surface area contributed by atoms with Crippen molar-refractivity contribution in [1.29, 1.82) is 0 Å². The van der Waals surface area contributed by atoms with Crippen molar-refractivity contribution in [3.05, 3.63) is 35.4 Å². The zero-order valence-electron chi connectivity index (χ0n) is 12.5. The standard InChI is InChI=1S/C17H26N2O/c1-20-13-14-5-4-8-19(11-14)12-17-9-15-6-2-3-7-16(15)10-18-17/h2-3,6-7,14,17-18H,4-5,8-13H2,1H3. The second kappa shape index (κ2) is 6.70. The number of rotatable bonds is 4. The first-order valence-electron chi connectivity index (χ1n) is 7.86. The Labute approximate surface area is 122 Å². The van der Waals surface area contributed by atoms with E-state index in [2.05, 4.69) is 34.5 Å². The zero-order chi connectivity index (χ0) is 13.8. The van der Waals surface area contributed by atoms with E-state index < -0.39 is 0 Å². The molecule has 2 atom stereocenters. The fraction of sp³-hybridized carbons (Fsp3) is 0.647. The van der Waals surface area contributed by atoms with Gasteiger partial charge in [0.25, 0.3) is 0 Å². The predicted octanol–water partition coefficient (Wildman–Crippen LogP) is 2.06. The summed E-state index contributed by atoms with van der Waals surface area (Å²) in [6.45, 7) is 5.57. The Hall–Kier alpha value is -0.900. The van der Waals surface area contributed by atoms with Gasteiger partial charge in [-0.25, -0.2) is 0 Å². The zero-order valence-corrected chi connectivity index (χ0v) is 12.5. The Bertz CT molecular complexity index is 433. The number of fused-ring (bicyclic) bond motifs is 1. The van der Waals surface area contributed by atoms with Crippen molar-refractivity contribution in [3.8, 4) is 0 Å². The summed E-state index contributed by atoms with van der Waals surface area (Å²) in [4.78, 5) is 2.62. The normalized spacial score (nSPS) is 27.2. The van der Waals surface area contributed by atoms with Gasteiger partial charge in [0, 0.05) is 32.8 Å². The summed E-state index contributed by atoms with van der Waals surface area (Å²) >= 11 is 0. The van der Waals surface area contributed by atoms with Crippen LogP contribution in [0.4, 0.5) is 0 Å². The molecule has 0 amide bonds. The molecular formula is C17H26N2O.